The normalized spacial score (nSPS) is 22.0. The van der Waals surface area contributed by atoms with Crippen molar-refractivity contribution in [1.82, 2.24) is 4.31 Å². The lowest BCUT2D eigenvalue weighted by molar-refractivity contribution is -0.122. The van der Waals surface area contributed by atoms with Crippen LogP contribution in [0.25, 0.3) is 0 Å². The highest BCUT2D eigenvalue weighted by Gasteiger charge is 2.47. The number of hydrogen-bond donors (Lipinski definition) is 0. The molecule has 7 nitrogen and oxygen atoms in total. The molecule has 0 N–H and O–H groups in total. The van der Waals surface area contributed by atoms with Crippen LogP contribution in [0.5, 0.6) is 0 Å². The Hall–Kier alpha value is -2.33. The number of anilines is 1. The summed E-state index contributed by atoms with van der Waals surface area (Å²) < 4.78 is 46.8. The molecule has 2 saturated heterocycles. The topological polar surface area (TPSA) is 84.0 Å². The number of nitrogens with zero attached hydrogens (tertiary/aromatic N) is 2. The average Bonchev–Trinajstić information content (AvgIpc) is 3.35. The maximum Gasteiger partial charge on any atom is 0.252 e. The molecule has 2 aromatic carbocycles. The van der Waals surface area contributed by atoms with Gasteiger partial charge in [0.25, 0.3) is 5.91 Å². The first-order chi connectivity index (χ1) is 14.8. The summed E-state index contributed by atoms with van der Waals surface area (Å²) in [6.45, 7) is 0.432. The molecule has 2 aliphatic rings. The van der Waals surface area contributed by atoms with Crippen molar-refractivity contribution in [2.45, 2.75) is 36.3 Å². The van der Waals surface area contributed by atoms with Crippen molar-refractivity contribution in [2.75, 3.05) is 18.1 Å². The van der Waals surface area contributed by atoms with Crippen molar-refractivity contribution >= 4 is 39.1 Å². The minimum atomic E-state index is -4.19. The van der Waals surface area contributed by atoms with Crippen LogP contribution in [0.1, 0.15) is 19.3 Å². The van der Waals surface area contributed by atoms with E-state index >= 15 is 0 Å². The molecule has 0 aromatic heterocycles. The molecular formula is C21H20ClFN2O5S. The number of rotatable bonds is 6. The van der Waals surface area contributed by atoms with Gasteiger partial charge in [0.2, 0.25) is 15.9 Å². The van der Waals surface area contributed by atoms with Crippen molar-refractivity contribution in [3.63, 3.8) is 0 Å². The van der Waals surface area contributed by atoms with E-state index in [4.69, 9.17) is 16.3 Å². The Morgan fingerprint density at radius 3 is 2.39 bits per heavy atom. The molecule has 2 aromatic rings. The minimum absolute atomic E-state index is 0.0716. The first-order valence-corrected chi connectivity index (χ1v) is 11.6. The van der Waals surface area contributed by atoms with Crippen LogP contribution in [0.2, 0.25) is 5.02 Å². The molecule has 2 amide bonds. The Morgan fingerprint density at radius 2 is 1.77 bits per heavy atom. The Balaban J connectivity index is 1.69. The van der Waals surface area contributed by atoms with Crippen molar-refractivity contribution in [3.8, 4) is 0 Å². The summed E-state index contributed by atoms with van der Waals surface area (Å²) in [5, 5.41) is 0.443. The van der Waals surface area contributed by atoms with Gasteiger partial charge in [-0.3, -0.25) is 9.59 Å². The number of sulfonamides is 1. The summed E-state index contributed by atoms with van der Waals surface area (Å²) >= 11 is 5.89. The summed E-state index contributed by atoms with van der Waals surface area (Å²) in [4.78, 5) is 26.7. The minimum Gasteiger partial charge on any atom is -0.377 e. The second-order valence-electron chi connectivity index (χ2n) is 7.43. The zero-order valence-electron chi connectivity index (χ0n) is 16.4. The molecule has 0 bridgehead atoms. The van der Waals surface area contributed by atoms with Gasteiger partial charge >= 0.3 is 0 Å². The zero-order valence-corrected chi connectivity index (χ0v) is 18.0. The standard InChI is InChI=1S/C21H20ClFN2O5S/c22-14-3-7-16(8-4-14)25-20(26)12-19(21(25)27)24(13-17-2-1-11-30-17)31(28,29)18-9-5-15(23)6-10-18/h3-10,17,19H,1-2,11-13H2. The zero-order chi connectivity index (χ0) is 22.2. The van der Waals surface area contributed by atoms with Crippen molar-refractivity contribution < 1.29 is 27.1 Å². The highest BCUT2D eigenvalue weighted by atomic mass is 35.5. The second-order valence-corrected chi connectivity index (χ2v) is 9.75. The molecule has 10 heteroatoms. The van der Waals surface area contributed by atoms with Gasteiger partial charge in [-0.25, -0.2) is 17.7 Å². The summed E-state index contributed by atoms with van der Waals surface area (Å²) in [5.74, 6) is -1.73. The number of carbonyl (C=O) groups is 2. The molecule has 4 rings (SSSR count). The van der Waals surface area contributed by atoms with Crippen LogP contribution in [0.4, 0.5) is 10.1 Å². The molecule has 2 heterocycles. The van der Waals surface area contributed by atoms with E-state index in [0.717, 1.165) is 39.9 Å². The molecule has 2 fully saturated rings. The number of halogens is 2. The number of hydrogen-bond acceptors (Lipinski definition) is 5. The van der Waals surface area contributed by atoms with Crippen LogP contribution in [0.15, 0.2) is 53.4 Å². The van der Waals surface area contributed by atoms with Crippen LogP contribution < -0.4 is 4.90 Å². The van der Waals surface area contributed by atoms with E-state index < -0.39 is 33.7 Å². The fourth-order valence-corrected chi connectivity index (χ4v) is 5.57. The lowest BCUT2D eigenvalue weighted by atomic mass is 10.2. The highest BCUT2D eigenvalue weighted by molar-refractivity contribution is 7.89. The Bertz CT molecular complexity index is 1090. The van der Waals surface area contributed by atoms with E-state index in [2.05, 4.69) is 0 Å². The number of ether oxygens (including phenoxy) is 1. The summed E-state index contributed by atoms with van der Waals surface area (Å²) in [7, 11) is -4.19. The van der Waals surface area contributed by atoms with E-state index in [9.17, 15) is 22.4 Å². The number of benzene rings is 2. The number of imide groups is 1. The maximum atomic E-state index is 13.4. The van der Waals surface area contributed by atoms with Gasteiger partial charge < -0.3 is 4.74 Å². The molecule has 2 aliphatic heterocycles. The molecule has 2 atom stereocenters. The van der Waals surface area contributed by atoms with E-state index in [0.29, 0.717) is 23.7 Å². The Kier molecular flexibility index (Phi) is 6.11. The smallest absolute Gasteiger partial charge is 0.252 e. The molecule has 31 heavy (non-hydrogen) atoms. The quantitative estimate of drug-likeness (QED) is 0.611. The van der Waals surface area contributed by atoms with Gasteiger partial charge in [-0.1, -0.05) is 11.6 Å². The molecule has 0 spiro atoms. The van der Waals surface area contributed by atoms with Crippen LogP contribution in [0.3, 0.4) is 0 Å². The summed E-state index contributed by atoms with van der Waals surface area (Å²) in [5.41, 5.74) is 0.318. The van der Waals surface area contributed by atoms with Gasteiger partial charge in [0.15, 0.2) is 0 Å². The number of amides is 2. The van der Waals surface area contributed by atoms with Crippen molar-refractivity contribution in [3.05, 3.63) is 59.4 Å². The van der Waals surface area contributed by atoms with Gasteiger partial charge in [0.1, 0.15) is 11.9 Å². The van der Waals surface area contributed by atoms with Crippen molar-refractivity contribution in [2.24, 2.45) is 0 Å². The monoisotopic (exact) mass is 466 g/mol. The van der Waals surface area contributed by atoms with Gasteiger partial charge in [-0.05, 0) is 61.4 Å². The summed E-state index contributed by atoms with van der Waals surface area (Å²) in [6, 6.07) is 9.30. The Labute approximate surface area is 184 Å². The predicted octanol–water partition coefficient (Wildman–Crippen LogP) is 2.98. The fraction of sp³-hybridized carbons (Fsp3) is 0.333. The van der Waals surface area contributed by atoms with Gasteiger partial charge in [0.05, 0.1) is 23.1 Å². The third-order valence-electron chi connectivity index (χ3n) is 5.38. The van der Waals surface area contributed by atoms with E-state index in [1.165, 1.54) is 12.1 Å². The molecule has 2 unspecified atom stereocenters. The Morgan fingerprint density at radius 1 is 1.10 bits per heavy atom. The van der Waals surface area contributed by atoms with E-state index in [1.54, 1.807) is 12.1 Å². The van der Waals surface area contributed by atoms with Gasteiger partial charge in [0, 0.05) is 18.2 Å². The molecule has 164 valence electrons. The first kappa shape index (κ1) is 21.9. The third kappa shape index (κ3) is 4.36. The third-order valence-corrected chi connectivity index (χ3v) is 7.52. The molecule has 0 radical (unpaired) electrons. The first-order valence-electron chi connectivity index (χ1n) is 9.79. The van der Waals surface area contributed by atoms with E-state index in [1.807, 2.05) is 0 Å². The maximum absolute atomic E-state index is 13.4. The number of carbonyl (C=O) groups excluding carboxylic acids is 2. The van der Waals surface area contributed by atoms with Crippen LogP contribution in [0, 0.1) is 5.82 Å². The fourth-order valence-electron chi connectivity index (χ4n) is 3.83. The predicted molar refractivity (Wildman–Crippen MR) is 112 cm³/mol. The average molecular weight is 467 g/mol. The van der Waals surface area contributed by atoms with Crippen LogP contribution in [-0.4, -0.2) is 49.8 Å². The SMILES string of the molecule is O=C1CC(N(CC2CCCO2)S(=O)(=O)c2ccc(F)cc2)C(=O)N1c1ccc(Cl)cc1. The lowest BCUT2D eigenvalue weighted by Crippen LogP contribution is -2.48. The molecular weight excluding hydrogens is 447 g/mol. The largest absolute Gasteiger partial charge is 0.377 e. The van der Waals surface area contributed by atoms with Crippen molar-refractivity contribution in [1.29, 1.82) is 0 Å². The van der Waals surface area contributed by atoms with E-state index in [-0.39, 0.29) is 24.0 Å². The molecule has 0 saturated carbocycles. The highest BCUT2D eigenvalue weighted by Crippen LogP contribution is 2.31. The van der Waals surface area contributed by atoms with Crippen LogP contribution >= 0.6 is 11.6 Å². The lowest BCUT2D eigenvalue weighted by Gasteiger charge is -2.28. The van der Waals surface area contributed by atoms with Gasteiger partial charge in [-0.2, -0.15) is 4.31 Å². The summed E-state index contributed by atoms with van der Waals surface area (Å²) in [6.07, 6.45) is 0.742. The van der Waals surface area contributed by atoms with Gasteiger partial charge in [-0.15, -0.1) is 0 Å². The molecule has 0 aliphatic carbocycles. The van der Waals surface area contributed by atoms with Crippen LogP contribution in [-0.2, 0) is 24.3 Å². The second kappa shape index (κ2) is 8.66.